The van der Waals surface area contributed by atoms with E-state index in [0.717, 1.165) is 31.4 Å². The van der Waals surface area contributed by atoms with Crippen molar-refractivity contribution in [1.29, 1.82) is 0 Å². The Morgan fingerprint density at radius 2 is 1.89 bits per heavy atom. The number of sulfonamides is 1. The van der Waals surface area contributed by atoms with Crippen molar-refractivity contribution in [2.75, 3.05) is 45.2 Å². The number of nitrogens with one attached hydrogen (secondary N) is 1. The first-order valence-electron chi connectivity index (χ1n) is 12.4. The van der Waals surface area contributed by atoms with Gasteiger partial charge in [-0.1, -0.05) is 13.3 Å². The molecule has 1 saturated heterocycles. The summed E-state index contributed by atoms with van der Waals surface area (Å²) in [5.74, 6) is 1.36. The summed E-state index contributed by atoms with van der Waals surface area (Å²) in [5, 5.41) is 0. The third kappa shape index (κ3) is 6.15. The molecule has 1 aliphatic rings. The number of rotatable bonds is 10. The smallest absolute Gasteiger partial charge is 0.275 e. The van der Waals surface area contributed by atoms with Crippen molar-refractivity contribution < 1.29 is 13.2 Å². The molecule has 0 bridgehead atoms. The summed E-state index contributed by atoms with van der Waals surface area (Å²) in [6, 6.07) is 4.77. The van der Waals surface area contributed by atoms with Gasteiger partial charge in [-0.05, 0) is 50.1 Å². The maximum atomic E-state index is 13.5. The van der Waals surface area contributed by atoms with Gasteiger partial charge in [0.05, 0.1) is 22.6 Å². The van der Waals surface area contributed by atoms with Crippen LogP contribution in [-0.4, -0.2) is 77.4 Å². The highest BCUT2D eigenvalue weighted by atomic mass is 35.5. The van der Waals surface area contributed by atoms with E-state index in [4.69, 9.17) is 21.3 Å². The zero-order chi connectivity index (χ0) is 25.9. The van der Waals surface area contributed by atoms with Gasteiger partial charge in [-0.2, -0.15) is 4.31 Å². The summed E-state index contributed by atoms with van der Waals surface area (Å²) >= 11 is 5.80. The minimum atomic E-state index is -3.73. The van der Waals surface area contributed by atoms with Gasteiger partial charge in [0.2, 0.25) is 10.0 Å². The summed E-state index contributed by atoms with van der Waals surface area (Å²) in [6.45, 7) is 7.35. The van der Waals surface area contributed by atoms with Crippen LogP contribution in [0.3, 0.4) is 0 Å². The molecule has 0 saturated carbocycles. The first-order valence-corrected chi connectivity index (χ1v) is 14.4. The summed E-state index contributed by atoms with van der Waals surface area (Å²) in [7, 11) is -1.91. The molecule has 0 amide bonds. The highest BCUT2D eigenvalue weighted by molar-refractivity contribution is 7.89. The van der Waals surface area contributed by atoms with Crippen LogP contribution in [0.5, 0.6) is 5.75 Å². The van der Waals surface area contributed by atoms with Crippen LogP contribution in [-0.2, 0) is 23.5 Å². The molecule has 4 rings (SSSR count). The Labute approximate surface area is 229 Å². The molecule has 1 fully saturated rings. The van der Waals surface area contributed by atoms with E-state index < -0.39 is 10.0 Å². The van der Waals surface area contributed by atoms with Gasteiger partial charge < -0.3 is 19.2 Å². The van der Waals surface area contributed by atoms with Crippen molar-refractivity contribution in [3.05, 3.63) is 40.3 Å². The second kappa shape index (κ2) is 12.6. The van der Waals surface area contributed by atoms with Crippen LogP contribution in [0.1, 0.15) is 32.3 Å². The number of halogens is 2. The molecule has 0 spiro atoms. The molecule has 3 aromatic rings. The lowest BCUT2D eigenvalue weighted by Crippen LogP contribution is -2.48. The molecule has 1 aromatic carbocycles. The number of aromatic amines is 1. The van der Waals surface area contributed by atoms with E-state index >= 15 is 0 Å². The number of piperazine rings is 1. The number of ether oxygens (including phenoxy) is 1. The van der Waals surface area contributed by atoms with Gasteiger partial charge in [-0.25, -0.2) is 13.4 Å². The number of benzene rings is 1. The van der Waals surface area contributed by atoms with Crippen LogP contribution in [0.4, 0.5) is 0 Å². The van der Waals surface area contributed by atoms with Crippen molar-refractivity contribution in [2.24, 2.45) is 7.05 Å². The van der Waals surface area contributed by atoms with Gasteiger partial charge in [0.15, 0.2) is 0 Å². The zero-order valence-electron chi connectivity index (χ0n) is 21.5. The number of aromatic nitrogens is 3. The predicted molar refractivity (Wildman–Crippen MR) is 150 cm³/mol. The van der Waals surface area contributed by atoms with Gasteiger partial charge >= 0.3 is 0 Å². The number of hydrogen-bond donors (Lipinski definition) is 1. The molecular weight excluding hydrogens is 537 g/mol. The molecule has 0 unspecified atom stereocenters. The van der Waals surface area contributed by atoms with E-state index in [1.165, 1.54) is 4.31 Å². The van der Waals surface area contributed by atoms with Crippen LogP contribution < -0.4 is 10.3 Å². The first-order chi connectivity index (χ1) is 17.3. The Morgan fingerprint density at radius 1 is 1.16 bits per heavy atom. The van der Waals surface area contributed by atoms with Gasteiger partial charge in [0, 0.05) is 45.3 Å². The van der Waals surface area contributed by atoms with E-state index in [2.05, 4.69) is 16.8 Å². The molecule has 12 heteroatoms. The summed E-state index contributed by atoms with van der Waals surface area (Å²) < 4.78 is 36.2. The van der Waals surface area contributed by atoms with Gasteiger partial charge in [-0.15, -0.1) is 24.0 Å². The van der Waals surface area contributed by atoms with E-state index in [0.29, 0.717) is 66.8 Å². The van der Waals surface area contributed by atoms with Crippen molar-refractivity contribution in [2.45, 2.75) is 38.0 Å². The standard InChI is InChI=1S/C25H34ClN5O4S.ClH/c1-4-7-18-17-29(3)23-22(18)27-24(28-25(23)32)20-16-19(8-9-21(20)35-5-2)36(33,34)31-14-12-30(13-15-31)11-6-10-26;/h8-9,16-17H,4-7,10-15H2,1-3H3,(H,27,28,32);1H. The maximum absolute atomic E-state index is 13.5. The molecule has 2 aromatic heterocycles. The highest BCUT2D eigenvalue weighted by Gasteiger charge is 2.29. The van der Waals surface area contributed by atoms with Crippen LogP contribution in [0.15, 0.2) is 34.1 Å². The summed E-state index contributed by atoms with van der Waals surface area (Å²) in [5.41, 5.74) is 2.28. The average molecular weight is 573 g/mol. The van der Waals surface area contributed by atoms with Crippen LogP contribution >= 0.6 is 24.0 Å². The summed E-state index contributed by atoms with van der Waals surface area (Å²) in [6.07, 6.45) is 4.52. The van der Waals surface area contributed by atoms with Crippen molar-refractivity contribution in [3.8, 4) is 17.1 Å². The van der Waals surface area contributed by atoms with Crippen molar-refractivity contribution >= 4 is 45.1 Å². The molecular formula is C25H35Cl2N5O4S. The number of H-pyrrole nitrogens is 1. The highest BCUT2D eigenvalue weighted by Crippen LogP contribution is 2.32. The normalized spacial score (nSPS) is 15.1. The van der Waals surface area contributed by atoms with Gasteiger partial charge in [0.1, 0.15) is 17.1 Å². The second-order valence-corrected chi connectivity index (χ2v) is 11.3. The fraction of sp³-hybridized carbons (Fsp3) is 0.520. The molecule has 0 radical (unpaired) electrons. The molecule has 37 heavy (non-hydrogen) atoms. The van der Waals surface area contributed by atoms with Crippen LogP contribution in [0.2, 0.25) is 0 Å². The number of nitrogens with zero attached hydrogens (tertiary/aromatic N) is 4. The van der Waals surface area contributed by atoms with E-state index in [9.17, 15) is 13.2 Å². The molecule has 204 valence electrons. The Kier molecular flexibility index (Phi) is 10.0. The van der Waals surface area contributed by atoms with Crippen molar-refractivity contribution in [3.63, 3.8) is 0 Å². The van der Waals surface area contributed by atoms with E-state index in [-0.39, 0.29) is 22.9 Å². The Bertz CT molecular complexity index is 1380. The topological polar surface area (TPSA) is 101 Å². The first kappa shape index (κ1) is 29.4. The fourth-order valence-electron chi connectivity index (χ4n) is 4.72. The quantitative estimate of drug-likeness (QED) is 0.373. The molecule has 3 heterocycles. The minimum Gasteiger partial charge on any atom is -0.493 e. The molecule has 9 nitrogen and oxygen atoms in total. The zero-order valence-corrected chi connectivity index (χ0v) is 23.9. The molecule has 0 atom stereocenters. The number of hydrogen-bond acceptors (Lipinski definition) is 6. The summed E-state index contributed by atoms with van der Waals surface area (Å²) in [4.78, 5) is 23.0. The third-order valence-corrected chi connectivity index (χ3v) is 8.67. The predicted octanol–water partition coefficient (Wildman–Crippen LogP) is 3.64. The lowest BCUT2D eigenvalue weighted by atomic mass is 10.1. The van der Waals surface area contributed by atoms with E-state index in [1.807, 2.05) is 20.2 Å². The fourth-order valence-corrected chi connectivity index (χ4v) is 6.29. The number of fused-ring (bicyclic) bond motifs is 1. The maximum Gasteiger partial charge on any atom is 0.275 e. The molecule has 1 aliphatic heterocycles. The SMILES string of the molecule is CCCc1cn(C)c2c(=O)[nH]c(-c3cc(S(=O)(=O)N4CCN(CCCCl)CC4)ccc3OCC)nc12.Cl. The van der Waals surface area contributed by atoms with Crippen molar-refractivity contribution in [1.82, 2.24) is 23.7 Å². The third-order valence-electron chi connectivity index (χ3n) is 6.50. The Hall–Kier alpha value is -2.11. The number of aryl methyl sites for hydroxylation is 2. The number of alkyl halides is 1. The monoisotopic (exact) mass is 571 g/mol. The van der Waals surface area contributed by atoms with E-state index in [1.54, 1.807) is 22.8 Å². The van der Waals surface area contributed by atoms with Gasteiger partial charge in [-0.3, -0.25) is 4.79 Å². The Balaban J connectivity index is 0.00000380. The molecule has 0 aliphatic carbocycles. The lowest BCUT2D eigenvalue weighted by molar-refractivity contribution is 0.189. The van der Waals surface area contributed by atoms with Gasteiger partial charge in [0.25, 0.3) is 5.56 Å². The second-order valence-electron chi connectivity index (χ2n) is 9.01. The largest absolute Gasteiger partial charge is 0.493 e. The average Bonchev–Trinajstić information content (AvgIpc) is 3.19. The Morgan fingerprint density at radius 3 is 2.54 bits per heavy atom. The lowest BCUT2D eigenvalue weighted by Gasteiger charge is -2.33. The van der Waals surface area contributed by atoms with Crippen LogP contribution in [0.25, 0.3) is 22.4 Å². The minimum absolute atomic E-state index is 0. The molecule has 1 N–H and O–H groups in total. The van der Waals surface area contributed by atoms with Crippen LogP contribution in [0, 0.1) is 0 Å².